The predicted octanol–water partition coefficient (Wildman–Crippen LogP) is 3.87. The van der Waals surface area contributed by atoms with Gasteiger partial charge in [0.05, 0.1) is 6.10 Å². The maximum absolute atomic E-state index is 9.69. The van der Waals surface area contributed by atoms with Crippen LogP contribution < -0.4 is 0 Å². The lowest BCUT2D eigenvalue weighted by molar-refractivity contribution is 0.131. The molecule has 0 radical (unpaired) electrons. The van der Waals surface area contributed by atoms with Crippen molar-refractivity contribution in [1.82, 2.24) is 0 Å². The molecular weight excluding hydrogens is 200 g/mol. The van der Waals surface area contributed by atoms with E-state index in [4.69, 9.17) is 4.42 Å². The fourth-order valence-corrected chi connectivity index (χ4v) is 1.93. The van der Waals surface area contributed by atoms with Crippen molar-refractivity contribution in [2.75, 3.05) is 0 Å². The van der Waals surface area contributed by atoms with Crippen LogP contribution in [0.5, 0.6) is 0 Å². The highest BCUT2D eigenvalue weighted by molar-refractivity contribution is 5.26. The Labute approximate surface area is 98.7 Å². The molecule has 2 heteroatoms. The van der Waals surface area contributed by atoms with E-state index in [0.29, 0.717) is 5.92 Å². The van der Waals surface area contributed by atoms with Crippen LogP contribution in [0, 0.1) is 18.8 Å². The fourth-order valence-electron chi connectivity index (χ4n) is 1.93. The second kappa shape index (κ2) is 5.53. The molecule has 1 heterocycles. The maximum atomic E-state index is 9.69. The molecule has 2 nitrogen and oxygen atoms in total. The largest absolute Gasteiger partial charge is 0.466 e. The highest BCUT2D eigenvalue weighted by atomic mass is 16.3. The quantitative estimate of drug-likeness (QED) is 0.725. The molecule has 0 saturated heterocycles. The fraction of sp³-hybridized carbons (Fsp3) is 0.714. The van der Waals surface area contributed by atoms with Crippen molar-refractivity contribution in [2.24, 2.45) is 11.8 Å². The van der Waals surface area contributed by atoms with E-state index in [0.717, 1.165) is 35.8 Å². The Morgan fingerprint density at radius 1 is 1.38 bits per heavy atom. The monoisotopic (exact) mass is 224 g/mol. The third-order valence-electron chi connectivity index (χ3n) is 2.48. The van der Waals surface area contributed by atoms with Gasteiger partial charge in [-0.25, -0.2) is 0 Å². The van der Waals surface area contributed by atoms with Gasteiger partial charge in [-0.05, 0) is 31.2 Å². The number of aryl methyl sites for hydroxylation is 1. The molecule has 1 aliphatic carbocycles. The molecule has 0 aromatic carbocycles. The minimum atomic E-state index is -0.304. The third-order valence-corrected chi connectivity index (χ3v) is 2.48. The molecular formula is C14H24O2. The summed E-state index contributed by atoms with van der Waals surface area (Å²) in [7, 11) is 0. The van der Waals surface area contributed by atoms with Gasteiger partial charge >= 0.3 is 0 Å². The summed E-state index contributed by atoms with van der Waals surface area (Å²) in [6.07, 6.45) is 1.54. The molecule has 1 aromatic heterocycles. The molecule has 2 rings (SSSR count). The lowest BCUT2D eigenvalue weighted by atomic mass is 9.88. The van der Waals surface area contributed by atoms with Gasteiger partial charge in [-0.2, -0.15) is 0 Å². The highest BCUT2D eigenvalue weighted by Crippen LogP contribution is 2.34. The van der Waals surface area contributed by atoms with E-state index in [1.165, 1.54) is 0 Å². The van der Waals surface area contributed by atoms with Gasteiger partial charge in [0.25, 0.3) is 0 Å². The van der Waals surface area contributed by atoms with Crippen molar-refractivity contribution in [3.05, 3.63) is 23.2 Å². The van der Waals surface area contributed by atoms with Gasteiger partial charge in [-0.1, -0.05) is 27.7 Å². The van der Waals surface area contributed by atoms with Gasteiger partial charge < -0.3 is 9.52 Å². The molecule has 2 atom stereocenters. The Morgan fingerprint density at radius 2 is 1.94 bits per heavy atom. The van der Waals surface area contributed by atoms with E-state index in [1.807, 2.05) is 13.0 Å². The van der Waals surface area contributed by atoms with Crippen LogP contribution in [0.2, 0.25) is 0 Å². The van der Waals surface area contributed by atoms with Crippen LogP contribution >= 0.6 is 0 Å². The average Bonchev–Trinajstić information content (AvgIpc) is 2.44. The van der Waals surface area contributed by atoms with Gasteiger partial charge in [0.2, 0.25) is 0 Å². The third kappa shape index (κ3) is 3.67. The summed E-state index contributed by atoms with van der Waals surface area (Å²) in [5.41, 5.74) is 1.01. The first-order chi connectivity index (χ1) is 7.40. The average molecular weight is 224 g/mol. The van der Waals surface area contributed by atoms with Crippen molar-refractivity contribution in [3.63, 3.8) is 0 Å². The second-order valence-corrected chi connectivity index (χ2v) is 5.53. The van der Waals surface area contributed by atoms with Crippen molar-refractivity contribution in [2.45, 2.75) is 53.6 Å². The molecule has 92 valence electrons. The second-order valence-electron chi connectivity index (χ2n) is 5.53. The van der Waals surface area contributed by atoms with E-state index in [-0.39, 0.29) is 6.10 Å². The summed E-state index contributed by atoms with van der Waals surface area (Å²) in [6.45, 7) is 10.6. The van der Waals surface area contributed by atoms with E-state index in [2.05, 4.69) is 27.7 Å². The van der Waals surface area contributed by atoms with E-state index < -0.39 is 0 Å². The number of aliphatic hydroxyl groups is 1. The molecule has 0 fully saturated rings. The van der Waals surface area contributed by atoms with Gasteiger partial charge in [0.1, 0.15) is 11.5 Å². The van der Waals surface area contributed by atoms with Crippen LogP contribution in [-0.4, -0.2) is 5.11 Å². The molecule has 1 aliphatic rings. The van der Waals surface area contributed by atoms with E-state index in [9.17, 15) is 5.11 Å². The smallest absolute Gasteiger partial charge is 0.110 e. The minimum Gasteiger partial charge on any atom is -0.466 e. The lowest BCUT2D eigenvalue weighted by Gasteiger charge is -2.21. The van der Waals surface area contributed by atoms with Crippen LogP contribution in [0.3, 0.4) is 0 Å². The summed E-state index contributed by atoms with van der Waals surface area (Å²) in [4.78, 5) is 0. The van der Waals surface area contributed by atoms with Crippen molar-refractivity contribution in [1.29, 1.82) is 0 Å². The number of hydrogen-bond donors (Lipinski definition) is 1. The van der Waals surface area contributed by atoms with Crippen LogP contribution in [0.15, 0.2) is 10.5 Å². The van der Waals surface area contributed by atoms with Crippen molar-refractivity contribution >= 4 is 0 Å². The summed E-state index contributed by atoms with van der Waals surface area (Å²) in [6, 6.07) is 1.95. The number of fused-ring (bicyclic) bond motifs is 1. The Morgan fingerprint density at radius 3 is 2.50 bits per heavy atom. The summed E-state index contributed by atoms with van der Waals surface area (Å²) in [5.74, 6) is 3.27. The molecule has 0 saturated carbocycles. The van der Waals surface area contributed by atoms with Crippen LogP contribution in [0.1, 0.15) is 57.3 Å². The minimum absolute atomic E-state index is 0.304. The number of rotatable bonds is 0. The molecule has 0 amide bonds. The summed E-state index contributed by atoms with van der Waals surface area (Å²) in [5, 5.41) is 9.69. The summed E-state index contributed by atoms with van der Waals surface area (Å²) >= 11 is 0. The van der Waals surface area contributed by atoms with Crippen molar-refractivity contribution in [3.8, 4) is 0 Å². The number of furan rings is 1. The number of hydrogen-bond acceptors (Lipinski definition) is 2. The molecule has 16 heavy (non-hydrogen) atoms. The van der Waals surface area contributed by atoms with Crippen LogP contribution in [0.4, 0.5) is 0 Å². The Hall–Kier alpha value is -0.760. The molecule has 1 aromatic rings. The lowest BCUT2D eigenvalue weighted by Crippen LogP contribution is -2.14. The first-order valence-electron chi connectivity index (χ1n) is 6.17. The maximum Gasteiger partial charge on any atom is 0.110 e. The SMILES string of the molecule is CC(C)C.Cc1cc2c(o1)CC(C)CC2O. The summed E-state index contributed by atoms with van der Waals surface area (Å²) < 4.78 is 5.49. The topological polar surface area (TPSA) is 33.4 Å². The van der Waals surface area contributed by atoms with Gasteiger partial charge in [0, 0.05) is 12.0 Å². The predicted molar refractivity (Wildman–Crippen MR) is 66.4 cm³/mol. The Bertz CT molecular complexity index is 323. The van der Waals surface area contributed by atoms with Crippen molar-refractivity contribution < 1.29 is 9.52 Å². The molecule has 2 unspecified atom stereocenters. The van der Waals surface area contributed by atoms with Crippen LogP contribution in [-0.2, 0) is 6.42 Å². The van der Waals surface area contributed by atoms with Gasteiger partial charge in [0.15, 0.2) is 0 Å². The van der Waals surface area contributed by atoms with Crippen LogP contribution in [0.25, 0.3) is 0 Å². The molecule has 1 N–H and O–H groups in total. The molecule has 0 aliphatic heterocycles. The molecule has 0 bridgehead atoms. The van der Waals surface area contributed by atoms with E-state index >= 15 is 0 Å². The van der Waals surface area contributed by atoms with E-state index in [1.54, 1.807) is 0 Å². The van der Waals surface area contributed by atoms with Gasteiger partial charge in [-0.15, -0.1) is 0 Å². The first kappa shape index (κ1) is 13.3. The zero-order chi connectivity index (χ0) is 12.3. The Balaban J connectivity index is 0.000000280. The van der Waals surface area contributed by atoms with Gasteiger partial charge in [-0.3, -0.25) is 0 Å². The zero-order valence-electron chi connectivity index (χ0n) is 11.1. The standard InChI is InChI=1S/C10H14O2.C4H10/c1-6-3-9(11)8-5-7(2)12-10(8)4-6;1-4(2)3/h5-6,9,11H,3-4H2,1-2H3;4H,1-3H3. The Kier molecular flexibility index (Phi) is 4.60. The first-order valence-corrected chi connectivity index (χ1v) is 6.17. The number of aliphatic hydroxyl groups excluding tert-OH is 1. The normalized spacial score (nSPS) is 23.7. The molecule has 0 spiro atoms. The zero-order valence-corrected chi connectivity index (χ0v) is 11.1. The highest BCUT2D eigenvalue weighted by Gasteiger charge is 2.25.